The summed E-state index contributed by atoms with van der Waals surface area (Å²) in [5.74, 6) is 6.51. The van der Waals surface area contributed by atoms with Gasteiger partial charge in [-0.3, -0.25) is 10.4 Å². The summed E-state index contributed by atoms with van der Waals surface area (Å²) in [6.07, 6.45) is 1.72. The number of fused-ring (bicyclic) bond motifs is 2. The molecule has 98 valence electrons. The van der Waals surface area contributed by atoms with Crippen LogP contribution in [-0.4, -0.2) is 24.1 Å². The van der Waals surface area contributed by atoms with Gasteiger partial charge in [0.25, 0.3) is 0 Å². The fraction of sp³-hybridized carbons (Fsp3) is 0.462. The van der Waals surface area contributed by atoms with Crippen LogP contribution in [0.2, 0.25) is 0 Å². The monoisotopic (exact) mass is 311 g/mol. The third kappa shape index (κ3) is 1.86. The van der Waals surface area contributed by atoms with E-state index in [1.54, 1.807) is 5.01 Å². The predicted octanol–water partition coefficient (Wildman–Crippen LogP) is 1.98. The molecule has 1 aromatic rings. The van der Waals surface area contributed by atoms with Crippen molar-refractivity contribution in [2.75, 3.05) is 13.2 Å². The van der Waals surface area contributed by atoms with E-state index in [4.69, 9.17) is 16.0 Å². The number of ether oxygens (including phenoxy) is 1. The maximum Gasteiger partial charge on any atom is 0.121 e. The van der Waals surface area contributed by atoms with Crippen LogP contribution in [0.3, 0.4) is 0 Å². The first kappa shape index (κ1) is 13.5. The average Bonchev–Trinajstić information content (AvgIpc) is 2.38. The Labute approximate surface area is 117 Å². The molecule has 1 fully saturated rings. The molecule has 0 aromatic heterocycles. The van der Waals surface area contributed by atoms with Crippen molar-refractivity contribution in [1.82, 2.24) is 5.01 Å². The minimum Gasteiger partial charge on any atom is -0.381 e. The number of nitrogens with two attached hydrogens (primary N) is 1. The second-order valence-corrected chi connectivity index (χ2v) is 4.83. The van der Waals surface area contributed by atoms with Crippen molar-refractivity contribution in [1.29, 1.82) is 5.41 Å². The molecule has 2 aliphatic heterocycles. The molecule has 5 heteroatoms. The Morgan fingerprint density at radius 2 is 1.89 bits per heavy atom. The van der Waals surface area contributed by atoms with Crippen molar-refractivity contribution >= 4 is 22.8 Å². The molecule has 3 N–H and O–H groups in total. The highest BCUT2D eigenvalue weighted by atomic mass is 79.9. The Morgan fingerprint density at radius 3 is 2.61 bits per heavy atom. The molecule has 1 aromatic carbocycles. The van der Waals surface area contributed by atoms with E-state index < -0.39 is 0 Å². The van der Waals surface area contributed by atoms with Gasteiger partial charge in [0, 0.05) is 13.2 Å². The SMILES string of the molecule is Br.N=C1N(N)Cc2ccccc2C12CCOCC2. The fourth-order valence-electron chi connectivity index (χ4n) is 3.02. The van der Waals surface area contributed by atoms with E-state index in [-0.39, 0.29) is 22.4 Å². The van der Waals surface area contributed by atoms with Gasteiger partial charge >= 0.3 is 0 Å². The van der Waals surface area contributed by atoms with Gasteiger partial charge in [0.15, 0.2) is 0 Å². The van der Waals surface area contributed by atoms with Crippen LogP contribution in [0, 0.1) is 5.41 Å². The number of rotatable bonds is 0. The van der Waals surface area contributed by atoms with Crippen LogP contribution in [0.15, 0.2) is 24.3 Å². The average molecular weight is 312 g/mol. The molecule has 0 radical (unpaired) electrons. The Bertz CT molecular complexity index is 457. The zero-order valence-corrected chi connectivity index (χ0v) is 11.9. The first-order chi connectivity index (χ1) is 8.24. The summed E-state index contributed by atoms with van der Waals surface area (Å²) in [5, 5.41) is 9.89. The molecule has 4 nitrogen and oxygen atoms in total. The number of hydrazine groups is 1. The van der Waals surface area contributed by atoms with E-state index in [1.807, 2.05) is 6.07 Å². The van der Waals surface area contributed by atoms with Gasteiger partial charge in [0.1, 0.15) is 5.84 Å². The molecular weight excluding hydrogens is 294 g/mol. The Hall–Kier alpha value is -0.910. The molecule has 3 rings (SSSR count). The van der Waals surface area contributed by atoms with Crippen LogP contribution < -0.4 is 5.84 Å². The van der Waals surface area contributed by atoms with Gasteiger partial charge < -0.3 is 4.74 Å². The summed E-state index contributed by atoms with van der Waals surface area (Å²) < 4.78 is 5.44. The molecule has 0 aliphatic carbocycles. The number of amidine groups is 1. The first-order valence-corrected chi connectivity index (χ1v) is 6.01. The zero-order valence-electron chi connectivity index (χ0n) is 10.2. The van der Waals surface area contributed by atoms with Gasteiger partial charge in [0.05, 0.1) is 12.0 Å². The molecular formula is C13H18BrN3O. The topological polar surface area (TPSA) is 62.3 Å². The van der Waals surface area contributed by atoms with Crippen LogP contribution in [0.25, 0.3) is 0 Å². The van der Waals surface area contributed by atoms with Crippen molar-refractivity contribution in [3.8, 4) is 0 Å². The summed E-state index contributed by atoms with van der Waals surface area (Å²) in [5.41, 5.74) is 2.30. The molecule has 2 heterocycles. The maximum atomic E-state index is 8.31. The highest BCUT2D eigenvalue weighted by Crippen LogP contribution is 2.41. The fourth-order valence-corrected chi connectivity index (χ4v) is 3.02. The van der Waals surface area contributed by atoms with E-state index in [2.05, 4.69) is 18.2 Å². The standard InChI is InChI=1S/C13H17N3O.BrH/c14-12-13(5-7-17-8-6-13)11-4-2-1-3-10(11)9-16(12)15;/h1-4,14H,5-9,15H2;1H. The van der Waals surface area contributed by atoms with Gasteiger partial charge in [-0.25, -0.2) is 5.84 Å². The highest BCUT2D eigenvalue weighted by Gasteiger charge is 2.44. The number of nitrogens with one attached hydrogen (secondary N) is 1. The lowest BCUT2D eigenvalue weighted by molar-refractivity contribution is 0.0640. The number of hydrogen-bond acceptors (Lipinski definition) is 3. The second kappa shape index (κ2) is 4.99. The summed E-state index contributed by atoms with van der Waals surface area (Å²) in [7, 11) is 0. The largest absolute Gasteiger partial charge is 0.381 e. The lowest BCUT2D eigenvalue weighted by Crippen LogP contribution is -2.55. The summed E-state index contributed by atoms with van der Waals surface area (Å²) in [6.45, 7) is 2.06. The third-order valence-electron chi connectivity index (χ3n) is 3.96. The molecule has 0 unspecified atom stereocenters. The first-order valence-electron chi connectivity index (χ1n) is 6.01. The molecule has 2 aliphatic rings. The van der Waals surface area contributed by atoms with E-state index in [0.717, 1.165) is 12.8 Å². The van der Waals surface area contributed by atoms with Crippen molar-refractivity contribution in [3.63, 3.8) is 0 Å². The number of halogens is 1. The van der Waals surface area contributed by atoms with Crippen molar-refractivity contribution in [3.05, 3.63) is 35.4 Å². The van der Waals surface area contributed by atoms with E-state index >= 15 is 0 Å². The van der Waals surface area contributed by atoms with E-state index in [9.17, 15) is 0 Å². The van der Waals surface area contributed by atoms with Gasteiger partial charge in [-0.1, -0.05) is 24.3 Å². The highest BCUT2D eigenvalue weighted by molar-refractivity contribution is 8.93. The lowest BCUT2D eigenvalue weighted by Gasteiger charge is -2.45. The Morgan fingerprint density at radius 1 is 1.22 bits per heavy atom. The van der Waals surface area contributed by atoms with Crippen LogP contribution in [0.5, 0.6) is 0 Å². The van der Waals surface area contributed by atoms with Crippen LogP contribution in [-0.2, 0) is 16.7 Å². The van der Waals surface area contributed by atoms with E-state index in [0.29, 0.717) is 25.6 Å². The summed E-state index contributed by atoms with van der Waals surface area (Å²) in [6, 6.07) is 8.34. The van der Waals surface area contributed by atoms with Gasteiger partial charge in [-0.15, -0.1) is 17.0 Å². The smallest absolute Gasteiger partial charge is 0.121 e. The molecule has 0 saturated carbocycles. The number of benzene rings is 1. The second-order valence-electron chi connectivity index (χ2n) is 4.83. The normalized spacial score (nSPS) is 21.4. The predicted molar refractivity (Wildman–Crippen MR) is 76.0 cm³/mol. The maximum absolute atomic E-state index is 8.31. The molecule has 0 amide bonds. The van der Waals surface area contributed by atoms with Crippen LogP contribution >= 0.6 is 17.0 Å². The van der Waals surface area contributed by atoms with Gasteiger partial charge in [-0.05, 0) is 24.0 Å². The lowest BCUT2D eigenvalue weighted by atomic mass is 9.69. The molecule has 0 bridgehead atoms. The van der Waals surface area contributed by atoms with Crippen molar-refractivity contribution in [2.45, 2.75) is 24.8 Å². The van der Waals surface area contributed by atoms with E-state index in [1.165, 1.54) is 11.1 Å². The molecule has 1 spiro atoms. The number of nitrogens with zero attached hydrogens (tertiary/aromatic N) is 1. The summed E-state index contributed by atoms with van der Waals surface area (Å²) >= 11 is 0. The summed E-state index contributed by atoms with van der Waals surface area (Å²) in [4.78, 5) is 0. The zero-order chi connectivity index (χ0) is 11.9. The molecule has 0 atom stereocenters. The van der Waals surface area contributed by atoms with Gasteiger partial charge in [-0.2, -0.15) is 0 Å². The van der Waals surface area contributed by atoms with Crippen LogP contribution in [0.4, 0.5) is 0 Å². The van der Waals surface area contributed by atoms with Crippen LogP contribution in [0.1, 0.15) is 24.0 Å². The quantitative estimate of drug-likeness (QED) is 0.720. The minimum absolute atomic E-state index is 0. The van der Waals surface area contributed by atoms with Crippen molar-refractivity contribution < 1.29 is 4.74 Å². The third-order valence-corrected chi connectivity index (χ3v) is 3.96. The Balaban J connectivity index is 0.00000120. The molecule has 18 heavy (non-hydrogen) atoms. The molecule has 1 saturated heterocycles. The Kier molecular flexibility index (Phi) is 3.75. The van der Waals surface area contributed by atoms with Crippen molar-refractivity contribution in [2.24, 2.45) is 5.84 Å². The number of hydrogen-bond donors (Lipinski definition) is 2. The minimum atomic E-state index is -0.220. The van der Waals surface area contributed by atoms with Gasteiger partial charge in [0.2, 0.25) is 0 Å².